The van der Waals surface area contributed by atoms with E-state index in [0.29, 0.717) is 24.0 Å². The van der Waals surface area contributed by atoms with E-state index in [1.54, 1.807) is 10.4 Å². The van der Waals surface area contributed by atoms with Crippen molar-refractivity contribution in [3.8, 4) is 0 Å². The zero-order chi connectivity index (χ0) is 15.0. The lowest BCUT2D eigenvalue weighted by molar-refractivity contribution is 0.139. The summed E-state index contributed by atoms with van der Waals surface area (Å²) in [5, 5.41) is 0. The molecule has 21 heavy (non-hydrogen) atoms. The van der Waals surface area contributed by atoms with Crippen LogP contribution in [0.15, 0.2) is 14.7 Å². The summed E-state index contributed by atoms with van der Waals surface area (Å²) in [5.41, 5.74) is 0. The summed E-state index contributed by atoms with van der Waals surface area (Å²) < 4.78 is 28.0. The predicted octanol–water partition coefficient (Wildman–Crippen LogP) is 3.07. The van der Waals surface area contributed by atoms with Gasteiger partial charge in [0.1, 0.15) is 0 Å². The van der Waals surface area contributed by atoms with Gasteiger partial charge in [0.25, 0.3) is 0 Å². The maximum Gasteiger partial charge on any atom is 0.244 e. The molecule has 1 saturated carbocycles. The van der Waals surface area contributed by atoms with E-state index in [4.69, 9.17) is 0 Å². The van der Waals surface area contributed by atoms with E-state index in [1.165, 1.54) is 37.0 Å². The minimum atomic E-state index is -3.33. The van der Waals surface area contributed by atoms with Crippen LogP contribution in [-0.4, -0.2) is 49.8 Å². The van der Waals surface area contributed by atoms with Gasteiger partial charge >= 0.3 is 0 Å². The molecule has 1 aliphatic carbocycles. The molecule has 0 atom stereocenters. The first kappa shape index (κ1) is 15.9. The van der Waals surface area contributed by atoms with Crippen LogP contribution in [0.1, 0.15) is 30.6 Å². The minimum absolute atomic E-state index is 0.466. The lowest BCUT2D eigenvalue weighted by atomic mass is 10.2. The van der Waals surface area contributed by atoms with Crippen LogP contribution in [0.2, 0.25) is 0 Å². The predicted molar refractivity (Wildman–Crippen MR) is 89.3 cm³/mol. The number of piperazine rings is 1. The van der Waals surface area contributed by atoms with Crippen molar-refractivity contribution in [2.45, 2.75) is 43.5 Å². The summed E-state index contributed by atoms with van der Waals surface area (Å²) in [6, 6.07) is 2.42. The monoisotopic (exact) mass is 392 g/mol. The molecule has 2 aliphatic rings. The van der Waals surface area contributed by atoms with E-state index in [0.717, 1.165) is 21.8 Å². The Kier molecular flexibility index (Phi) is 4.76. The molecule has 1 aromatic heterocycles. The summed E-state index contributed by atoms with van der Waals surface area (Å²) in [7, 11) is -3.33. The van der Waals surface area contributed by atoms with E-state index in [9.17, 15) is 8.42 Å². The average Bonchev–Trinajstić information content (AvgIpc) is 3.09. The van der Waals surface area contributed by atoms with Crippen LogP contribution in [-0.2, 0) is 10.0 Å². The quantitative estimate of drug-likeness (QED) is 0.793. The van der Waals surface area contributed by atoms with Gasteiger partial charge < -0.3 is 0 Å². The Morgan fingerprint density at radius 2 is 1.81 bits per heavy atom. The summed E-state index contributed by atoms with van der Waals surface area (Å²) in [4.78, 5) is 3.81. The Labute approximate surface area is 139 Å². The number of nitrogens with zero attached hydrogens (tertiary/aromatic N) is 2. The number of hydrogen-bond donors (Lipinski definition) is 0. The maximum absolute atomic E-state index is 12.7. The summed E-state index contributed by atoms with van der Waals surface area (Å²) in [6.07, 6.45) is 5.21. The molecule has 1 aromatic rings. The van der Waals surface area contributed by atoms with Crippen LogP contribution >= 0.6 is 27.3 Å². The van der Waals surface area contributed by atoms with Crippen molar-refractivity contribution in [1.29, 1.82) is 0 Å². The number of sulfonamides is 1. The lowest BCUT2D eigenvalue weighted by Gasteiger charge is -2.37. The highest BCUT2D eigenvalue weighted by Crippen LogP contribution is 2.32. The first-order chi connectivity index (χ1) is 9.98. The van der Waals surface area contributed by atoms with E-state index >= 15 is 0 Å². The van der Waals surface area contributed by atoms with Gasteiger partial charge in [0, 0.05) is 37.1 Å². The molecule has 7 heteroatoms. The normalized spacial score (nSPS) is 23.0. The number of halogens is 1. The molecule has 2 fully saturated rings. The Morgan fingerprint density at radius 3 is 2.33 bits per heavy atom. The highest BCUT2D eigenvalue weighted by molar-refractivity contribution is 9.11. The fraction of sp³-hybridized carbons (Fsp3) is 0.714. The summed E-state index contributed by atoms with van der Waals surface area (Å²) in [6.45, 7) is 4.84. The molecule has 4 nitrogen and oxygen atoms in total. The lowest BCUT2D eigenvalue weighted by Crippen LogP contribution is -2.51. The second-order valence-corrected chi connectivity index (χ2v) is 10.4. The Balaban J connectivity index is 1.69. The van der Waals surface area contributed by atoms with Gasteiger partial charge in [-0.15, -0.1) is 11.3 Å². The second kappa shape index (κ2) is 6.28. The third kappa shape index (κ3) is 3.22. The first-order valence-electron chi connectivity index (χ1n) is 7.48. The second-order valence-electron chi connectivity index (χ2n) is 5.85. The van der Waals surface area contributed by atoms with E-state index in [2.05, 4.69) is 20.8 Å². The van der Waals surface area contributed by atoms with E-state index in [1.807, 2.05) is 6.92 Å². The van der Waals surface area contributed by atoms with Crippen LogP contribution in [0, 0.1) is 6.92 Å². The molecule has 1 saturated heterocycles. The molecule has 2 heterocycles. The molecule has 0 radical (unpaired) electrons. The standard InChI is InChI=1S/C14H21BrN2O2S2/c1-11-13(10-14(15)20-11)21(18,19)17-8-6-16(7-9-17)12-4-2-3-5-12/h10,12H,2-9H2,1H3. The van der Waals surface area contributed by atoms with Crippen LogP contribution in [0.4, 0.5) is 0 Å². The molecule has 0 amide bonds. The van der Waals surface area contributed by atoms with Crippen LogP contribution in [0.25, 0.3) is 0 Å². The third-order valence-corrected chi connectivity index (χ3v) is 8.28. The Morgan fingerprint density at radius 1 is 1.19 bits per heavy atom. The van der Waals surface area contributed by atoms with Crippen LogP contribution in [0.5, 0.6) is 0 Å². The van der Waals surface area contributed by atoms with Crippen molar-refractivity contribution in [2.24, 2.45) is 0 Å². The zero-order valence-electron chi connectivity index (χ0n) is 12.2. The molecular weight excluding hydrogens is 372 g/mol. The molecule has 0 bridgehead atoms. The van der Waals surface area contributed by atoms with Gasteiger partial charge in [-0.2, -0.15) is 4.31 Å². The molecule has 118 valence electrons. The topological polar surface area (TPSA) is 40.6 Å². The number of rotatable bonds is 3. The fourth-order valence-electron chi connectivity index (χ4n) is 3.40. The van der Waals surface area contributed by atoms with Crippen molar-refractivity contribution < 1.29 is 8.42 Å². The first-order valence-corrected chi connectivity index (χ1v) is 10.5. The zero-order valence-corrected chi connectivity index (χ0v) is 15.4. The molecule has 0 N–H and O–H groups in total. The van der Waals surface area contributed by atoms with E-state index < -0.39 is 10.0 Å². The van der Waals surface area contributed by atoms with Gasteiger partial charge in [-0.25, -0.2) is 8.42 Å². The van der Waals surface area contributed by atoms with Crippen molar-refractivity contribution in [3.63, 3.8) is 0 Å². The summed E-state index contributed by atoms with van der Waals surface area (Å²) in [5.74, 6) is 0. The SMILES string of the molecule is Cc1sc(Br)cc1S(=O)(=O)N1CCN(C2CCCC2)CC1. The molecule has 0 unspecified atom stereocenters. The highest BCUT2D eigenvalue weighted by atomic mass is 79.9. The molecule has 3 rings (SSSR count). The number of aryl methyl sites for hydroxylation is 1. The molecule has 0 spiro atoms. The van der Waals surface area contributed by atoms with Crippen LogP contribution in [0.3, 0.4) is 0 Å². The third-order valence-electron chi connectivity index (χ3n) is 4.57. The molecule has 1 aliphatic heterocycles. The minimum Gasteiger partial charge on any atom is -0.298 e. The molecule has 0 aromatic carbocycles. The largest absolute Gasteiger partial charge is 0.298 e. The molecular formula is C14H21BrN2O2S2. The van der Waals surface area contributed by atoms with Crippen molar-refractivity contribution in [1.82, 2.24) is 9.21 Å². The average molecular weight is 393 g/mol. The van der Waals surface area contributed by atoms with E-state index in [-0.39, 0.29) is 0 Å². The number of thiophene rings is 1. The van der Waals surface area contributed by atoms with Crippen molar-refractivity contribution >= 4 is 37.3 Å². The van der Waals surface area contributed by atoms with Gasteiger partial charge in [-0.1, -0.05) is 12.8 Å². The highest BCUT2D eigenvalue weighted by Gasteiger charge is 2.33. The maximum atomic E-state index is 12.7. The van der Waals surface area contributed by atoms with Crippen molar-refractivity contribution in [3.05, 3.63) is 14.7 Å². The Hall–Kier alpha value is 0.0500. The van der Waals surface area contributed by atoms with Gasteiger partial charge in [0.2, 0.25) is 10.0 Å². The summed E-state index contributed by atoms with van der Waals surface area (Å²) >= 11 is 4.86. The fourth-order valence-corrected chi connectivity index (χ4v) is 7.21. The smallest absolute Gasteiger partial charge is 0.244 e. The van der Waals surface area contributed by atoms with Crippen molar-refractivity contribution in [2.75, 3.05) is 26.2 Å². The Bertz CT molecular complexity index is 600. The van der Waals surface area contributed by atoms with Gasteiger partial charge in [0.05, 0.1) is 8.68 Å². The van der Waals surface area contributed by atoms with Crippen LogP contribution < -0.4 is 0 Å². The number of hydrogen-bond acceptors (Lipinski definition) is 4. The van der Waals surface area contributed by atoms with Gasteiger partial charge in [-0.05, 0) is 41.8 Å². The van der Waals surface area contributed by atoms with Gasteiger partial charge in [0.15, 0.2) is 0 Å². The van der Waals surface area contributed by atoms with Gasteiger partial charge in [-0.3, -0.25) is 4.90 Å².